The van der Waals surface area contributed by atoms with Crippen LogP contribution in [0.4, 0.5) is 13.2 Å². The Kier molecular flexibility index (Phi) is 2.55. The zero-order valence-electron chi connectivity index (χ0n) is 6.58. The van der Waals surface area contributed by atoms with Crippen LogP contribution in [0, 0.1) is 0 Å². The predicted molar refractivity (Wildman–Crippen MR) is 39.4 cm³/mol. The average molecular weight is 225 g/mol. The molecule has 3 nitrogen and oxygen atoms in total. The lowest BCUT2D eigenvalue weighted by Crippen LogP contribution is -2.07. The highest BCUT2D eigenvalue weighted by Gasteiger charge is 2.30. The SMILES string of the molecule is O=S(=O)([O-])c1cccc(C(F)(F)F)c1. The molecule has 1 rings (SSSR count). The fourth-order valence-corrected chi connectivity index (χ4v) is 1.34. The van der Waals surface area contributed by atoms with Crippen molar-refractivity contribution in [2.75, 3.05) is 0 Å². The second-order valence-electron chi connectivity index (χ2n) is 2.48. The van der Waals surface area contributed by atoms with Gasteiger partial charge in [-0.25, -0.2) is 8.42 Å². The lowest BCUT2D eigenvalue weighted by atomic mass is 10.2. The van der Waals surface area contributed by atoms with Gasteiger partial charge in [0.2, 0.25) is 0 Å². The van der Waals surface area contributed by atoms with Gasteiger partial charge in [-0.1, -0.05) is 6.07 Å². The molecular weight excluding hydrogens is 221 g/mol. The molecular formula is C7H4F3O3S-. The van der Waals surface area contributed by atoms with E-state index in [9.17, 15) is 26.1 Å². The van der Waals surface area contributed by atoms with Gasteiger partial charge in [0.05, 0.1) is 10.5 Å². The number of hydrogen-bond donors (Lipinski definition) is 0. The second-order valence-corrected chi connectivity index (χ2v) is 3.86. The molecule has 0 saturated carbocycles. The van der Waals surface area contributed by atoms with E-state index in [1.165, 1.54) is 0 Å². The average Bonchev–Trinajstić information content (AvgIpc) is 2.01. The first-order valence-electron chi connectivity index (χ1n) is 3.34. The summed E-state index contributed by atoms with van der Waals surface area (Å²) in [5.74, 6) is 0. The highest BCUT2D eigenvalue weighted by Crippen LogP contribution is 2.30. The molecule has 0 unspecified atom stereocenters. The van der Waals surface area contributed by atoms with Crippen LogP contribution in [0.3, 0.4) is 0 Å². The Bertz CT molecular complexity index is 436. The zero-order valence-corrected chi connectivity index (χ0v) is 7.39. The standard InChI is InChI=1S/C7H5F3O3S/c8-7(9,10)5-2-1-3-6(4-5)14(11,12)13/h1-4H,(H,11,12,13)/p-1. The molecule has 0 spiro atoms. The Labute approximate surface area is 77.9 Å². The molecule has 0 aliphatic rings. The Morgan fingerprint density at radius 2 is 1.79 bits per heavy atom. The molecule has 0 heterocycles. The smallest absolute Gasteiger partial charge is 0.416 e. The van der Waals surface area contributed by atoms with E-state index in [1.807, 2.05) is 0 Å². The van der Waals surface area contributed by atoms with Crippen molar-refractivity contribution in [2.45, 2.75) is 11.1 Å². The Hall–Kier alpha value is -1.08. The first-order chi connectivity index (χ1) is 6.21. The molecule has 0 N–H and O–H groups in total. The van der Waals surface area contributed by atoms with Gasteiger partial charge in [0.1, 0.15) is 10.1 Å². The van der Waals surface area contributed by atoms with E-state index < -0.39 is 26.8 Å². The Morgan fingerprint density at radius 3 is 2.21 bits per heavy atom. The molecule has 0 aliphatic carbocycles. The van der Waals surface area contributed by atoms with E-state index in [-0.39, 0.29) is 0 Å². The molecule has 1 aromatic carbocycles. The van der Waals surface area contributed by atoms with Crippen molar-refractivity contribution in [1.29, 1.82) is 0 Å². The molecule has 7 heteroatoms. The molecule has 0 aliphatic heterocycles. The molecule has 78 valence electrons. The summed E-state index contributed by atoms with van der Waals surface area (Å²) >= 11 is 0. The van der Waals surface area contributed by atoms with Crippen LogP contribution in [-0.2, 0) is 16.3 Å². The van der Waals surface area contributed by atoms with Crippen LogP contribution in [-0.4, -0.2) is 13.0 Å². The second kappa shape index (κ2) is 3.25. The molecule has 0 radical (unpaired) electrons. The third-order valence-corrected chi connectivity index (χ3v) is 2.28. The van der Waals surface area contributed by atoms with Crippen LogP contribution in [0.5, 0.6) is 0 Å². The molecule has 0 bridgehead atoms. The van der Waals surface area contributed by atoms with Crippen molar-refractivity contribution >= 4 is 10.1 Å². The molecule has 14 heavy (non-hydrogen) atoms. The van der Waals surface area contributed by atoms with Gasteiger partial charge in [0.25, 0.3) is 0 Å². The minimum absolute atomic E-state index is 0.308. The van der Waals surface area contributed by atoms with E-state index in [4.69, 9.17) is 0 Å². The minimum atomic E-state index is -4.84. The number of halogens is 3. The van der Waals surface area contributed by atoms with Gasteiger partial charge in [0, 0.05) is 0 Å². The number of hydrogen-bond acceptors (Lipinski definition) is 3. The summed E-state index contributed by atoms with van der Waals surface area (Å²) in [5.41, 5.74) is -1.16. The van der Waals surface area contributed by atoms with E-state index in [0.717, 1.165) is 12.1 Å². The van der Waals surface area contributed by atoms with Gasteiger partial charge < -0.3 is 4.55 Å². The van der Waals surface area contributed by atoms with Crippen LogP contribution in [0.15, 0.2) is 29.2 Å². The van der Waals surface area contributed by atoms with Crippen LogP contribution in [0.2, 0.25) is 0 Å². The van der Waals surface area contributed by atoms with Crippen molar-refractivity contribution in [2.24, 2.45) is 0 Å². The fraction of sp³-hybridized carbons (Fsp3) is 0.143. The van der Waals surface area contributed by atoms with Gasteiger partial charge in [-0.2, -0.15) is 13.2 Å². The molecule has 0 aromatic heterocycles. The molecule has 1 aromatic rings. The van der Waals surface area contributed by atoms with E-state index in [0.29, 0.717) is 12.1 Å². The van der Waals surface area contributed by atoms with Gasteiger partial charge in [0.15, 0.2) is 0 Å². The summed E-state index contributed by atoms with van der Waals surface area (Å²) in [7, 11) is -4.84. The van der Waals surface area contributed by atoms with Crippen molar-refractivity contribution in [3.63, 3.8) is 0 Å². The molecule has 0 amide bonds. The monoisotopic (exact) mass is 225 g/mol. The number of rotatable bonds is 1. The molecule has 0 atom stereocenters. The largest absolute Gasteiger partial charge is 0.744 e. The van der Waals surface area contributed by atoms with Gasteiger partial charge >= 0.3 is 6.18 Å². The summed E-state index contributed by atoms with van der Waals surface area (Å²) in [5, 5.41) is 0. The van der Waals surface area contributed by atoms with E-state index in [2.05, 4.69) is 0 Å². The van der Waals surface area contributed by atoms with Gasteiger partial charge in [-0.05, 0) is 18.2 Å². The van der Waals surface area contributed by atoms with Crippen LogP contribution >= 0.6 is 0 Å². The van der Waals surface area contributed by atoms with Crippen molar-refractivity contribution in [3.05, 3.63) is 29.8 Å². The molecule has 0 saturated heterocycles. The van der Waals surface area contributed by atoms with Crippen LogP contribution < -0.4 is 0 Å². The minimum Gasteiger partial charge on any atom is -0.744 e. The quantitative estimate of drug-likeness (QED) is 0.682. The Balaban J connectivity index is 3.29. The van der Waals surface area contributed by atoms with Crippen molar-refractivity contribution < 1.29 is 26.1 Å². The Morgan fingerprint density at radius 1 is 1.21 bits per heavy atom. The maximum Gasteiger partial charge on any atom is 0.416 e. The maximum atomic E-state index is 12.1. The third-order valence-electron chi connectivity index (χ3n) is 1.45. The fourth-order valence-electron chi connectivity index (χ4n) is 0.828. The normalized spacial score (nSPS) is 12.9. The maximum absolute atomic E-state index is 12.1. The van der Waals surface area contributed by atoms with Gasteiger partial charge in [-0.15, -0.1) is 0 Å². The van der Waals surface area contributed by atoms with Crippen molar-refractivity contribution in [1.82, 2.24) is 0 Å². The first-order valence-corrected chi connectivity index (χ1v) is 4.75. The first kappa shape index (κ1) is 11.0. The predicted octanol–water partition coefficient (Wildman–Crippen LogP) is 1.61. The van der Waals surface area contributed by atoms with Crippen LogP contribution in [0.25, 0.3) is 0 Å². The zero-order chi connectivity index (χ0) is 11.0. The number of alkyl halides is 3. The van der Waals surface area contributed by atoms with Crippen LogP contribution in [0.1, 0.15) is 5.56 Å². The summed E-state index contributed by atoms with van der Waals surface area (Å²) < 4.78 is 67.3. The highest BCUT2D eigenvalue weighted by molar-refractivity contribution is 7.85. The van der Waals surface area contributed by atoms with E-state index in [1.54, 1.807) is 0 Å². The lowest BCUT2D eigenvalue weighted by molar-refractivity contribution is -0.137. The van der Waals surface area contributed by atoms with E-state index >= 15 is 0 Å². The summed E-state index contributed by atoms with van der Waals surface area (Å²) in [6.45, 7) is 0. The summed E-state index contributed by atoms with van der Waals surface area (Å²) in [6.07, 6.45) is -4.65. The van der Waals surface area contributed by atoms with Crippen molar-refractivity contribution in [3.8, 4) is 0 Å². The molecule has 0 fully saturated rings. The third kappa shape index (κ3) is 2.46. The topological polar surface area (TPSA) is 57.2 Å². The summed E-state index contributed by atoms with van der Waals surface area (Å²) in [6, 6.07) is 2.68. The number of benzene rings is 1. The summed E-state index contributed by atoms with van der Waals surface area (Å²) in [4.78, 5) is -0.882. The van der Waals surface area contributed by atoms with Gasteiger partial charge in [-0.3, -0.25) is 0 Å². The lowest BCUT2D eigenvalue weighted by Gasteiger charge is -2.10. The highest BCUT2D eigenvalue weighted by atomic mass is 32.2.